The van der Waals surface area contributed by atoms with Crippen molar-refractivity contribution in [3.05, 3.63) is 81.5 Å². The van der Waals surface area contributed by atoms with E-state index in [0.29, 0.717) is 22.0 Å². The molecule has 0 fully saturated rings. The largest absolute Gasteiger partial charge is 0.435 e. The van der Waals surface area contributed by atoms with Gasteiger partial charge in [-0.2, -0.15) is 0 Å². The average Bonchev–Trinajstić information content (AvgIpc) is 2.61. The molecule has 0 radical (unpaired) electrons. The van der Waals surface area contributed by atoms with Crippen molar-refractivity contribution in [3.8, 4) is 11.6 Å². The Hall–Kier alpha value is -2.56. The molecule has 0 bridgehead atoms. The summed E-state index contributed by atoms with van der Waals surface area (Å²) >= 11 is 12.0. The number of carbonyl (C=O) groups excluding carboxylic acids is 1. The fourth-order valence-electron chi connectivity index (χ4n) is 2.41. The lowest BCUT2D eigenvalue weighted by molar-refractivity contribution is 0.102. The van der Waals surface area contributed by atoms with Crippen LogP contribution in [0.25, 0.3) is 0 Å². The number of halogens is 2. The highest BCUT2D eigenvalue weighted by molar-refractivity contribution is 6.35. The number of nitrogens with zero attached hydrogens (tertiary/aromatic N) is 1. The number of nitrogens with one attached hydrogen (secondary N) is 1. The van der Waals surface area contributed by atoms with Crippen LogP contribution in [0.5, 0.6) is 11.6 Å². The van der Waals surface area contributed by atoms with Crippen molar-refractivity contribution >= 4 is 34.8 Å². The van der Waals surface area contributed by atoms with Gasteiger partial charge in [0.05, 0.1) is 10.7 Å². The summed E-state index contributed by atoms with van der Waals surface area (Å²) in [6.07, 6.45) is 1.44. The standard InChI is InChI=1S/C20H16Cl2N2O2/c1-12-7-8-13(2)15(9-12)19(25)24-17-5-3-4-6-18(17)26-20-16(22)10-14(21)11-23-20/h3-11H,1-2H3,(H,24,25). The molecule has 132 valence electrons. The summed E-state index contributed by atoms with van der Waals surface area (Å²) in [5.74, 6) is 0.435. The summed E-state index contributed by atoms with van der Waals surface area (Å²) in [6.45, 7) is 3.84. The maximum absolute atomic E-state index is 12.7. The van der Waals surface area contributed by atoms with E-state index in [9.17, 15) is 4.79 Å². The number of carbonyl (C=O) groups is 1. The number of benzene rings is 2. The monoisotopic (exact) mass is 386 g/mol. The summed E-state index contributed by atoms with van der Waals surface area (Å²) in [4.78, 5) is 16.8. The van der Waals surface area contributed by atoms with Gasteiger partial charge in [-0.3, -0.25) is 4.79 Å². The molecular formula is C20H16Cl2N2O2. The van der Waals surface area contributed by atoms with Crippen LogP contribution in [0.4, 0.5) is 5.69 Å². The molecule has 0 saturated carbocycles. The minimum absolute atomic E-state index is 0.211. The molecular weight excluding hydrogens is 371 g/mol. The highest BCUT2D eigenvalue weighted by Crippen LogP contribution is 2.33. The second-order valence-electron chi connectivity index (χ2n) is 5.81. The minimum atomic E-state index is -0.211. The van der Waals surface area contributed by atoms with E-state index in [-0.39, 0.29) is 16.8 Å². The van der Waals surface area contributed by atoms with Gasteiger partial charge < -0.3 is 10.1 Å². The lowest BCUT2D eigenvalue weighted by Gasteiger charge is -2.13. The zero-order valence-electron chi connectivity index (χ0n) is 14.2. The topological polar surface area (TPSA) is 51.2 Å². The van der Waals surface area contributed by atoms with Crippen molar-refractivity contribution in [1.29, 1.82) is 0 Å². The molecule has 1 aromatic heterocycles. The molecule has 0 spiro atoms. The molecule has 1 amide bonds. The number of ether oxygens (including phenoxy) is 1. The molecule has 26 heavy (non-hydrogen) atoms. The Morgan fingerprint density at radius 1 is 1.08 bits per heavy atom. The Balaban J connectivity index is 1.87. The molecule has 0 aliphatic rings. The molecule has 6 heteroatoms. The molecule has 1 N–H and O–H groups in total. The van der Waals surface area contributed by atoms with Crippen LogP contribution in [-0.2, 0) is 0 Å². The SMILES string of the molecule is Cc1ccc(C)c(C(=O)Nc2ccccc2Oc2ncc(Cl)cc2Cl)c1. The van der Waals surface area contributed by atoms with E-state index < -0.39 is 0 Å². The van der Waals surface area contributed by atoms with Gasteiger partial charge in [-0.15, -0.1) is 0 Å². The van der Waals surface area contributed by atoms with Gasteiger partial charge in [-0.1, -0.05) is 53.0 Å². The number of rotatable bonds is 4. The van der Waals surface area contributed by atoms with Crippen molar-refractivity contribution in [1.82, 2.24) is 4.98 Å². The Morgan fingerprint density at radius 3 is 2.62 bits per heavy atom. The zero-order chi connectivity index (χ0) is 18.7. The maximum atomic E-state index is 12.7. The highest BCUT2D eigenvalue weighted by Gasteiger charge is 2.14. The predicted molar refractivity (Wildman–Crippen MR) is 105 cm³/mol. The molecule has 1 heterocycles. The van der Waals surface area contributed by atoms with Crippen LogP contribution in [0.1, 0.15) is 21.5 Å². The van der Waals surface area contributed by atoms with Crippen molar-refractivity contribution in [2.24, 2.45) is 0 Å². The first-order chi connectivity index (χ1) is 12.4. The second-order valence-corrected chi connectivity index (χ2v) is 6.65. The van der Waals surface area contributed by atoms with Crippen LogP contribution in [0.15, 0.2) is 54.7 Å². The molecule has 0 unspecified atom stereocenters. The number of anilines is 1. The van der Waals surface area contributed by atoms with Crippen LogP contribution in [0.2, 0.25) is 10.0 Å². The normalized spacial score (nSPS) is 10.5. The Labute approximate surface area is 161 Å². The smallest absolute Gasteiger partial charge is 0.256 e. The molecule has 3 rings (SSSR count). The first kappa shape index (κ1) is 18.2. The molecule has 0 saturated heterocycles. The lowest BCUT2D eigenvalue weighted by atomic mass is 10.0. The van der Waals surface area contributed by atoms with Crippen LogP contribution in [0.3, 0.4) is 0 Å². The Morgan fingerprint density at radius 2 is 1.85 bits per heavy atom. The van der Waals surface area contributed by atoms with Crippen molar-refractivity contribution in [2.75, 3.05) is 5.32 Å². The molecule has 0 aliphatic carbocycles. The first-order valence-corrected chi connectivity index (χ1v) is 8.66. The third kappa shape index (κ3) is 4.15. The predicted octanol–water partition coefficient (Wildman–Crippen LogP) is 6.05. The number of hydrogen-bond acceptors (Lipinski definition) is 3. The van der Waals surface area contributed by atoms with E-state index in [1.807, 2.05) is 38.1 Å². The summed E-state index contributed by atoms with van der Waals surface area (Å²) in [6, 6.07) is 14.4. The Kier molecular flexibility index (Phi) is 5.45. The first-order valence-electron chi connectivity index (χ1n) is 7.90. The zero-order valence-corrected chi connectivity index (χ0v) is 15.7. The summed E-state index contributed by atoms with van der Waals surface area (Å²) in [7, 11) is 0. The van der Waals surface area contributed by atoms with Crippen LogP contribution >= 0.6 is 23.2 Å². The van der Waals surface area contributed by atoms with E-state index >= 15 is 0 Å². The summed E-state index contributed by atoms with van der Waals surface area (Å²) in [5.41, 5.74) is 3.05. The van der Waals surface area contributed by atoms with Gasteiger partial charge >= 0.3 is 0 Å². The third-order valence-electron chi connectivity index (χ3n) is 3.75. The van der Waals surface area contributed by atoms with Gasteiger partial charge in [0.25, 0.3) is 5.91 Å². The van der Waals surface area contributed by atoms with Crippen molar-refractivity contribution in [2.45, 2.75) is 13.8 Å². The van der Waals surface area contributed by atoms with E-state index in [2.05, 4.69) is 10.3 Å². The van der Waals surface area contributed by atoms with Gasteiger partial charge in [0.15, 0.2) is 5.75 Å². The van der Waals surface area contributed by atoms with E-state index in [1.54, 1.807) is 24.3 Å². The maximum Gasteiger partial charge on any atom is 0.256 e. The van der Waals surface area contributed by atoms with Gasteiger partial charge in [-0.05, 0) is 43.7 Å². The molecule has 0 atom stereocenters. The molecule has 3 aromatic rings. The van der Waals surface area contributed by atoms with E-state index in [1.165, 1.54) is 6.20 Å². The molecule has 2 aromatic carbocycles. The van der Waals surface area contributed by atoms with Gasteiger partial charge in [0.1, 0.15) is 5.02 Å². The molecule has 4 nitrogen and oxygen atoms in total. The van der Waals surface area contributed by atoms with Gasteiger partial charge in [0.2, 0.25) is 5.88 Å². The number of aromatic nitrogens is 1. The third-order valence-corrected chi connectivity index (χ3v) is 4.23. The summed E-state index contributed by atoms with van der Waals surface area (Å²) < 4.78 is 5.77. The number of amides is 1. The van der Waals surface area contributed by atoms with E-state index in [0.717, 1.165) is 11.1 Å². The number of pyridine rings is 1. The van der Waals surface area contributed by atoms with Crippen LogP contribution < -0.4 is 10.1 Å². The number of hydrogen-bond donors (Lipinski definition) is 1. The quantitative estimate of drug-likeness (QED) is 0.593. The van der Waals surface area contributed by atoms with Crippen molar-refractivity contribution in [3.63, 3.8) is 0 Å². The van der Waals surface area contributed by atoms with Crippen LogP contribution in [0, 0.1) is 13.8 Å². The second kappa shape index (κ2) is 7.77. The summed E-state index contributed by atoms with van der Waals surface area (Å²) in [5, 5.41) is 3.59. The minimum Gasteiger partial charge on any atom is -0.435 e. The van der Waals surface area contributed by atoms with Gasteiger partial charge in [0, 0.05) is 11.8 Å². The van der Waals surface area contributed by atoms with Crippen molar-refractivity contribution < 1.29 is 9.53 Å². The Bertz CT molecular complexity index is 974. The molecule has 0 aliphatic heterocycles. The number of para-hydroxylation sites is 2. The fourth-order valence-corrected chi connectivity index (χ4v) is 2.83. The van der Waals surface area contributed by atoms with E-state index in [4.69, 9.17) is 27.9 Å². The van der Waals surface area contributed by atoms with Crippen LogP contribution in [-0.4, -0.2) is 10.9 Å². The lowest BCUT2D eigenvalue weighted by Crippen LogP contribution is -2.14. The number of aryl methyl sites for hydroxylation is 2. The average molecular weight is 387 g/mol. The van der Waals surface area contributed by atoms with Gasteiger partial charge in [-0.25, -0.2) is 4.98 Å². The fraction of sp³-hybridized carbons (Fsp3) is 0.100. The highest BCUT2D eigenvalue weighted by atomic mass is 35.5.